The summed E-state index contributed by atoms with van der Waals surface area (Å²) in [7, 11) is 1.68. The number of rotatable bonds is 6. The molecule has 1 heterocycles. The summed E-state index contributed by atoms with van der Waals surface area (Å²) < 4.78 is 10.6. The summed E-state index contributed by atoms with van der Waals surface area (Å²) in [6.07, 6.45) is 4.63. The molecule has 3 rings (SSSR count). The first kappa shape index (κ1) is 13.4. The molecule has 20 heavy (non-hydrogen) atoms. The van der Waals surface area contributed by atoms with Crippen LogP contribution in [0.4, 0.5) is 5.69 Å². The van der Waals surface area contributed by atoms with E-state index in [4.69, 9.17) is 9.47 Å². The van der Waals surface area contributed by atoms with Crippen LogP contribution in [0.3, 0.4) is 0 Å². The number of amides is 1. The van der Waals surface area contributed by atoms with Crippen LogP contribution in [0.1, 0.15) is 24.8 Å². The van der Waals surface area contributed by atoms with E-state index in [-0.39, 0.29) is 12.5 Å². The molecule has 1 aliphatic heterocycles. The number of nitrogens with zero attached hydrogens (tertiary/aromatic N) is 1. The summed E-state index contributed by atoms with van der Waals surface area (Å²) in [4.78, 5) is 13.9. The van der Waals surface area contributed by atoms with Crippen LogP contribution in [0.5, 0.6) is 5.75 Å². The standard InChI is InChI=1S/C16H21NO3/c1-19-8-2-7-17-14-10-13(9-12-3-4-12)5-6-15(14)20-11-16(17)18/h5-6,10,12H,2-4,7-9,11H2,1H3. The van der Waals surface area contributed by atoms with Gasteiger partial charge < -0.3 is 14.4 Å². The average Bonchev–Trinajstić information content (AvgIpc) is 3.25. The monoisotopic (exact) mass is 275 g/mol. The van der Waals surface area contributed by atoms with Gasteiger partial charge in [-0.15, -0.1) is 0 Å². The molecule has 1 saturated carbocycles. The van der Waals surface area contributed by atoms with Crippen LogP contribution in [-0.2, 0) is 16.0 Å². The fourth-order valence-electron chi connectivity index (χ4n) is 2.64. The maximum absolute atomic E-state index is 12.1. The second kappa shape index (κ2) is 5.83. The van der Waals surface area contributed by atoms with E-state index in [1.807, 2.05) is 11.0 Å². The van der Waals surface area contributed by atoms with E-state index in [0.717, 1.165) is 30.2 Å². The van der Waals surface area contributed by atoms with Gasteiger partial charge in [0.2, 0.25) is 0 Å². The van der Waals surface area contributed by atoms with Gasteiger partial charge in [0.25, 0.3) is 5.91 Å². The minimum absolute atomic E-state index is 0.0391. The summed E-state index contributed by atoms with van der Waals surface area (Å²) in [5, 5.41) is 0. The summed E-state index contributed by atoms with van der Waals surface area (Å²) in [6.45, 7) is 1.50. The third-order valence-corrected chi connectivity index (χ3v) is 3.92. The number of benzene rings is 1. The van der Waals surface area contributed by atoms with E-state index in [9.17, 15) is 4.79 Å². The zero-order chi connectivity index (χ0) is 13.9. The molecule has 1 amide bonds. The van der Waals surface area contributed by atoms with Gasteiger partial charge in [0.15, 0.2) is 6.61 Å². The minimum atomic E-state index is 0.0391. The summed E-state index contributed by atoms with van der Waals surface area (Å²) in [6, 6.07) is 6.25. The molecule has 4 nitrogen and oxygen atoms in total. The Labute approximate surface area is 119 Å². The van der Waals surface area contributed by atoms with Gasteiger partial charge in [0.05, 0.1) is 5.69 Å². The molecule has 0 spiro atoms. The second-order valence-electron chi connectivity index (χ2n) is 5.63. The lowest BCUT2D eigenvalue weighted by Crippen LogP contribution is -2.39. The highest BCUT2D eigenvalue weighted by molar-refractivity contribution is 5.97. The first-order valence-corrected chi connectivity index (χ1v) is 7.33. The van der Waals surface area contributed by atoms with Crippen molar-refractivity contribution in [1.29, 1.82) is 0 Å². The molecule has 1 fully saturated rings. The van der Waals surface area contributed by atoms with Crippen molar-refractivity contribution in [2.24, 2.45) is 5.92 Å². The number of fused-ring (bicyclic) bond motifs is 1. The number of hydrogen-bond donors (Lipinski definition) is 0. The lowest BCUT2D eigenvalue weighted by atomic mass is 10.1. The average molecular weight is 275 g/mol. The Kier molecular flexibility index (Phi) is 3.92. The highest BCUT2D eigenvalue weighted by Gasteiger charge is 2.27. The maximum atomic E-state index is 12.1. The van der Waals surface area contributed by atoms with E-state index >= 15 is 0 Å². The molecule has 1 aromatic rings. The minimum Gasteiger partial charge on any atom is -0.482 e. The van der Waals surface area contributed by atoms with E-state index in [1.165, 1.54) is 18.4 Å². The lowest BCUT2D eigenvalue weighted by Gasteiger charge is -2.29. The maximum Gasteiger partial charge on any atom is 0.265 e. The van der Waals surface area contributed by atoms with Crippen LogP contribution in [-0.4, -0.2) is 32.8 Å². The molecule has 4 heteroatoms. The Hall–Kier alpha value is -1.55. The van der Waals surface area contributed by atoms with Gasteiger partial charge in [-0.25, -0.2) is 0 Å². The van der Waals surface area contributed by atoms with Crippen molar-refractivity contribution in [3.05, 3.63) is 23.8 Å². The molecule has 0 N–H and O–H groups in total. The van der Waals surface area contributed by atoms with Crippen molar-refractivity contribution in [2.45, 2.75) is 25.7 Å². The SMILES string of the molecule is COCCCN1C(=O)COc2ccc(CC3CC3)cc21. The quantitative estimate of drug-likeness (QED) is 0.748. The molecule has 1 aliphatic carbocycles. The molecule has 1 aromatic carbocycles. The van der Waals surface area contributed by atoms with Crippen LogP contribution in [0.2, 0.25) is 0 Å². The van der Waals surface area contributed by atoms with Gasteiger partial charge in [-0.1, -0.05) is 6.07 Å². The van der Waals surface area contributed by atoms with Gasteiger partial charge >= 0.3 is 0 Å². The number of carbonyl (C=O) groups is 1. The van der Waals surface area contributed by atoms with Crippen LogP contribution in [0.15, 0.2) is 18.2 Å². The van der Waals surface area contributed by atoms with Crippen molar-refractivity contribution in [3.63, 3.8) is 0 Å². The zero-order valence-corrected chi connectivity index (χ0v) is 11.9. The molecule has 0 aromatic heterocycles. The Morgan fingerprint density at radius 3 is 3.00 bits per heavy atom. The number of anilines is 1. The van der Waals surface area contributed by atoms with Crippen LogP contribution < -0.4 is 9.64 Å². The second-order valence-corrected chi connectivity index (χ2v) is 5.63. The summed E-state index contributed by atoms with van der Waals surface area (Å²) >= 11 is 0. The van der Waals surface area contributed by atoms with Crippen LogP contribution in [0.25, 0.3) is 0 Å². The first-order valence-electron chi connectivity index (χ1n) is 7.33. The first-order chi connectivity index (χ1) is 9.78. The molecular weight excluding hydrogens is 254 g/mol. The summed E-state index contributed by atoms with van der Waals surface area (Å²) in [5.41, 5.74) is 2.23. The Balaban J connectivity index is 1.78. The molecule has 108 valence electrons. The van der Waals surface area contributed by atoms with E-state index < -0.39 is 0 Å². The topological polar surface area (TPSA) is 38.8 Å². The molecular formula is C16H21NO3. The van der Waals surface area contributed by atoms with Crippen molar-refractivity contribution >= 4 is 11.6 Å². The van der Waals surface area contributed by atoms with Gasteiger partial charge in [0.1, 0.15) is 5.75 Å². The van der Waals surface area contributed by atoms with Crippen molar-refractivity contribution < 1.29 is 14.3 Å². The number of hydrogen-bond acceptors (Lipinski definition) is 3. The van der Waals surface area contributed by atoms with Crippen molar-refractivity contribution in [3.8, 4) is 5.75 Å². The Bertz CT molecular complexity index is 496. The molecule has 0 bridgehead atoms. The number of carbonyl (C=O) groups excluding carboxylic acids is 1. The van der Waals surface area contributed by atoms with Crippen molar-refractivity contribution in [1.82, 2.24) is 0 Å². The fourth-order valence-corrected chi connectivity index (χ4v) is 2.64. The van der Waals surface area contributed by atoms with E-state index in [0.29, 0.717) is 13.2 Å². The van der Waals surface area contributed by atoms with E-state index in [1.54, 1.807) is 7.11 Å². The predicted octanol–water partition coefficient (Wildman–Crippen LogP) is 2.40. The summed E-state index contributed by atoms with van der Waals surface area (Å²) in [5.74, 6) is 1.70. The molecule has 0 radical (unpaired) electrons. The predicted molar refractivity (Wildman–Crippen MR) is 77.2 cm³/mol. The highest BCUT2D eigenvalue weighted by Crippen LogP contribution is 2.37. The molecule has 2 aliphatic rings. The molecule has 0 unspecified atom stereocenters. The third-order valence-electron chi connectivity index (χ3n) is 3.92. The Morgan fingerprint density at radius 1 is 1.40 bits per heavy atom. The molecule has 0 atom stereocenters. The largest absolute Gasteiger partial charge is 0.482 e. The zero-order valence-electron chi connectivity index (χ0n) is 11.9. The smallest absolute Gasteiger partial charge is 0.265 e. The Morgan fingerprint density at radius 2 is 2.25 bits per heavy atom. The van der Waals surface area contributed by atoms with Gasteiger partial charge in [-0.05, 0) is 49.3 Å². The lowest BCUT2D eigenvalue weighted by molar-refractivity contribution is -0.121. The number of ether oxygens (including phenoxy) is 2. The highest BCUT2D eigenvalue weighted by atomic mass is 16.5. The van der Waals surface area contributed by atoms with E-state index in [2.05, 4.69) is 12.1 Å². The van der Waals surface area contributed by atoms with Crippen LogP contribution >= 0.6 is 0 Å². The number of methoxy groups -OCH3 is 1. The van der Waals surface area contributed by atoms with Crippen molar-refractivity contribution in [2.75, 3.05) is 31.8 Å². The molecule has 0 saturated heterocycles. The normalized spacial score (nSPS) is 17.9. The van der Waals surface area contributed by atoms with Gasteiger partial charge in [-0.2, -0.15) is 0 Å². The van der Waals surface area contributed by atoms with Gasteiger partial charge in [-0.3, -0.25) is 4.79 Å². The fraction of sp³-hybridized carbons (Fsp3) is 0.562. The van der Waals surface area contributed by atoms with Crippen LogP contribution in [0, 0.1) is 5.92 Å². The third kappa shape index (κ3) is 2.96. The van der Waals surface area contributed by atoms with Gasteiger partial charge in [0, 0.05) is 20.3 Å².